The van der Waals surface area contributed by atoms with Gasteiger partial charge in [-0.3, -0.25) is 9.59 Å². The number of nitrogens with zero attached hydrogens (tertiary/aromatic N) is 4. The Bertz CT molecular complexity index is 1000. The highest BCUT2D eigenvalue weighted by molar-refractivity contribution is 6.28. The van der Waals surface area contributed by atoms with Gasteiger partial charge in [0.1, 0.15) is 12.1 Å². The molecule has 0 radical (unpaired) electrons. The summed E-state index contributed by atoms with van der Waals surface area (Å²) >= 11 is 0. The fourth-order valence-electron chi connectivity index (χ4n) is 2.07. The van der Waals surface area contributed by atoms with Crippen LogP contribution >= 0.6 is 0 Å². The van der Waals surface area contributed by atoms with Crippen LogP contribution in [0.4, 0.5) is 5.82 Å². The summed E-state index contributed by atoms with van der Waals surface area (Å²) in [5.41, 5.74) is 0.808. The second-order valence-electron chi connectivity index (χ2n) is 5.27. The van der Waals surface area contributed by atoms with E-state index < -0.39 is 17.4 Å². The number of nitrogens with one attached hydrogen (secondary N) is 1. The summed E-state index contributed by atoms with van der Waals surface area (Å²) < 4.78 is 5.92. The maximum absolute atomic E-state index is 12.3. The van der Waals surface area contributed by atoms with Gasteiger partial charge in [0.25, 0.3) is 17.8 Å². The van der Waals surface area contributed by atoms with Crippen molar-refractivity contribution >= 4 is 29.3 Å². The van der Waals surface area contributed by atoms with E-state index in [0.29, 0.717) is 11.4 Å². The van der Waals surface area contributed by atoms with Crippen LogP contribution in [-0.4, -0.2) is 33.3 Å². The van der Waals surface area contributed by atoms with Crippen molar-refractivity contribution in [1.82, 2.24) is 9.78 Å². The van der Waals surface area contributed by atoms with Gasteiger partial charge in [-0.1, -0.05) is 6.58 Å². The minimum absolute atomic E-state index is 0.0258. The molecule has 0 fully saturated rings. The molecular formula is C16H13N5O4. The van der Waals surface area contributed by atoms with Gasteiger partial charge >= 0.3 is 5.63 Å². The molecule has 1 aliphatic heterocycles. The summed E-state index contributed by atoms with van der Waals surface area (Å²) in [6, 6.07) is 4.07. The molecule has 1 aliphatic rings. The zero-order valence-electron chi connectivity index (χ0n) is 13.4. The monoisotopic (exact) mass is 339 g/mol. The molecule has 0 aromatic carbocycles. The first kappa shape index (κ1) is 16.2. The molecule has 9 nitrogen and oxygen atoms in total. The van der Waals surface area contributed by atoms with E-state index in [2.05, 4.69) is 31.4 Å². The number of hydrogen-bond acceptors (Lipinski definition) is 6. The zero-order valence-corrected chi connectivity index (χ0v) is 13.4. The van der Waals surface area contributed by atoms with Crippen LogP contribution < -0.4 is 10.9 Å². The Morgan fingerprint density at radius 3 is 2.64 bits per heavy atom. The molecule has 3 rings (SSSR count). The Morgan fingerprint density at radius 1 is 1.24 bits per heavy atom. The van der Waals surface area contributed by atoms with Crippen molar-refractivity contribution in [2.45, 2.75) is 13.8 Å². The molecule has 1 N–H and O–H groups in total. The number of aromatic nitrogens is 2. The van der Waals surface area contributed by atoms with Crippen molar-refractivity contribution in [3.8, 4) is 0 Å². The Balaban J connectivity index is 1.94. The third kappa shape index (κ3) is 3.20. The largest absolute Gasteiger partial charge is 0.430 e. The van der Waals surface area contributed by atoms with Crippen LogP contribution in [0.3, 0.4) is 0 Å². The summed E-state index contributed by atoms with van der Waals surface area (Å²) in [5.74, 6) is -0.738. The zero-order chi connectivity index (χ0) is 18.1. The third-order valence-electron chi connectivity index (χ3n) is 3.39. The molecule has 0 unspecified atom stereocenters. The standard InChI is InChI=1S/C16H13N5O4/c1-8-6-12(18-15(24)11-4-5-13(22)25-7-11)21(20-8)16-17-10(3)9(2)14(23)19-16/h4-7H,2H2,1,3H3,(H,18,24). The summed E-state index contributed by atoms with van der Waals surface area (Å²) in [6.45, 7) is 6.96. The normalized spacial score (nSPS) is 14.2. The second kappa shape index (κ2) is 6.11. The Morgan fingerprint density at radius 2 is 2.00 bits per heavy atom. The van der Waals surface area contributed by atoms with E-state index in [0.717, 1.165) is 12.3 Å². The van der Waals surface area contributed by atoms with E-state index in [4.69, 9.17) is 0 Å². The maximum atomic E-state index is 12.3. The summed E-state index contributed by atoms with van der Waals surface area (Å²) in [5, 5.41) is 6.82. The van der Waals surface area contributed by atoms with Crippen LogP contribution in [0.15, 0.2) is 55.8 Å². The highest BCUT2D eigenvalue weighted by atomic mass is 16.4. The number of hydrogen-bond donors (Lipinski definition) is 1. The molecule has 0 spiro atoms. The highest BCUT2D eigenvalue weighted by Crippen LogP contribution is 2.15. The smallest absolute Gasteiger partial charge is 0.335 e. The van der Waals surface area contributed by atoms with Crippen molar-refractivity contribution in [3.63, 3.8) is 0 Å². The van der Waals surface area contributed by atoms with Crippen LogP contribution in [0.5, 0.6) is 0 Å². The fourth-order valence-corrected chi connectivity index (χ4v) is 2.07. The SMILES string of the molecule is C=C1C(=O)N=C(n2nc(C)cc2NC(=O)c2ccc(=O)oc2)N=C1C. The lowest BCUT2D eigenvalue weighted by atomic mass is 10.2. The van der Waals surface area contributed by atoms with Gasteiger partial charge < -0.3 is 9.73 Å². The number of amides is 2. The number of aryl methyl sites for hydroxylation is 1. The second-order valence-corrected chi connectivity index (χ2v) is 5.27. The molecule has 0 aliphatic carbocycles. The van der Waals surface area contributed by atoms with Gasteiger partial charge in [0.05, 0.1) is 22.5 Å². The number of rotatable bonds is 2. The summed E-state index contributed by atoms with van der Waals surface area (Å²) in [4.78, 5) is 43.1. The molecule has 0 bridgehead atoms. The van der Waals surface area contributed by atoms with Gasteiger partial charge in [0.15, 0.2) is 0 Å². The van der Waals surface area contributed by atoms with Crippen molar-refractivity contribution < 1.29 is 14.0 Å². The van der Waals surface area contributed by atoms with Crippen LogP contribution in [0, 0.1) is 6.92 Å². The van der Waals surface area contributed by atoms with Gasteiger partial charge in [-0.2, -0.15) is 14.8 Å². The third-order valence-corrected chi connectivity index (χ3v) is 3.39. The van der Waals surface area contributed by atoms with Gasteiger partial charge in [-0.05, 0) is 19.9 Å². The molecule has 126 valence electrons. The Hall–Kier alpha value is -3.62. The number of anilines is 1. The van der Waals surface area contributed by atoms with Gasteiger partial charge in [-0.25, -0.2) is 9.79 Å². The molecule has 0 atom stereocenters. The van der Waals surface area contributed by atoms with Crippen LogP contribution in [0.2, 0.25) is 0 Å². The molecule has 0 saturated carbocycles. The predicted octanol–water partition coefficient (Wildman–Crippen LogP) is 1.16. The lowest BCUT2D eigenvalue weighted by molar-refractivity contribution is -0.113. The first-order valence-electron chi connectivity index (χ1n) is 7.20. The van der Waals surface area contributed by atoms with Gasteiger partial charge in [-0.15, -0.1) is 0 Å². The Labute approximate surface area is 141 Å². The van der Waals surface area contributed by atoms with E-state index in [-0.39, 0.29) is 22.9 Å². The van der Waals surface area contributed by atoms with Crippen LogP contribution in [0.25, 0.3) is 0 Å². The molecule has 2 aromatic rings. The first-order valence-corrected chi connectivity index (χ1v) is 7.20. The van der Waals surface area contributed by atoms with Crippen molar-refractivity contribution in [1.29, 1.82) is 0 Å². The lowest BCUT2D eigenvalue weighted by Gasteiger charge is -2.12. The molecule has 0 saturated heterocycles. The van der Waals surface area contributed by atoms with E-state index in [1.165, 1.54) is 10.7 Å². The van der Waals surface area contributed by atoms with Crippen LogP contribution in [0.1, 0.15) is 23.0 Å². The van der Waals surface area contributed by atoms with E-state index in [1.807, 2.05) is 0 Å². The predicted molar refractivity (Wildman–Crippen MR) is 90.0 cm³/mol. The fraction of sp³-hybridized carbons (Fsp3) is 0.125. The number of carbonyl (C=O) groups excluding carboxylic acids is 2. The van der Waals surface area contributed by atoms with Crippen molar-refractivity contribution in [3.05, 3.63) is 58.3 Å². The minimum Gasteiger partial charge on any atom is -0.430 e. The van der Waals surface area contributed by atoms with Gasteiger partial charge in [0.2, 0.25) is 0 Å². The molecule has 3 heterocycles. The molecule has 2 amide bonds. The van der Waals surface area contributed by atoms with E-state index in [9.17, 15) is 14.4 Å². The Kier molecular flexibility index (Phi) is 3.97. The van der Waals surface area contributed by atoms with Gasteiger partial charge in [0, 0.05) is 12.1 Å². The first-order chi connectivity index (χ1) is 11.8. The maximum Gasteiger partial charge on any atom is 0.335 e. The molecule has 2 aromatic heterocycles. The summed E-state index contributed by atoms with van der Waals surface area (Å²) in [6.07, 6.45) is 1.05. The quantitative estimate of drug-likeness (QED) is 0.823. The van der Waals surface area contributed by atoms with Crippen molar-refractivity contribution in [2.75, 3.05) is 5.32 Å². The topological polar surface area (TPSA) is 119 Å². The lowest BCUT2D eigenvalue weighted by Crippen LogP contribution is -2.25. The summed E-state index contributed by atoms with van der Waals surface area (Å²) in [7, 11) is 0. The molecular weight excluding hydrogens is 326 g/mol. The molecule has 25 heavy (non-hydrogen) atoms. The average Bonchev–Trinajstić information content (AvgIpc) is 2.93. The number of aliphatic imine (C=N–C) groups is 2. The van der Waals surface area contributed by atoms with E-state index in [1.54, 1.807) is 19.9 Å². The number of carbonyl (C=O) groups is 2. The highest BCUT2D eigenvalue weighted by Gasteiger charge is 2.21. The minimum atomic E-state index is -0.558. The average molecular weight is 339 g/mol. The van der Waals surface area contributed by atoms with E-state index >= 15 is 0 Å². The molecule has 9 heteroatoms. The van der Waals surface area contributed by atoms with Crippen LogP contribution in [-0.2, 0) is 4.79 Å². The van der Waals surface area contributed by atoms with Crippen molar-refractivity contribution in [2.24, 2.45) is 9.98 Å².